The lowest BCUT2D eigenvalue weighted by Gasteiger charge is -2.34. The highest BCUT2D eigenvalue weighted by atomic mass is 32.2. The van der Waals surface area contributed by atoms with Gasteiger partial charge in [-0.1, -0.05) is 19.9 Å². The van der Waals surface area contributed by atoms with Crippen LogP contribution in [0.4, 0.5) is 5.69 Å². The first-order valence-corrected chi connectivity index (χ1v) is 13.5. The van der Waals surface area contributed by atoms with Crippen molar-refractivity contribution in [2.45, 2.75) is 38.2 Å². The SMILES string of the molecule is CN1CCC(Oc2cc3c(cc2NS(C)(=O)=O)C(=O)c2c([nH]c4cc(C#N)ccc24)C3(C)C)CC1. The number of aromatic nitrogens is 1. The Kier molecular flexibility index (Phi) is 5.42. The normalized spacial score (nSPS) is 18.1. The molecule has 1 aliphatic carbocycles. The smallest absolute Gasteiger partial charge is 0.229 e. The highest BCUT2D eigenvalue weighted by Crippen LogP contribution is 2.47. The van der Waals surface area contributed by atoms with Crippen LogP contribution in [0.25, 0.3) is 10.9 Å². The summed E-state index contributed by atoms with van der Waals surface area (Å²) in [5.74, 6) is 0.239. The van der Waals surface area contributed by atoms with Crippen LogP contribution in [0.3, 0.4) is 0 Å². The summed E-state index contributed by atoms with van der Waals surface area (Å²) in [6.45, 7) is 5.86. The number of carbonyl (C=O) groups is 1. The highest BCUT2D eigenvalue weighted by Gasteiger charge is 2.41. The summed E-state index contributed by atoms with van der Waals surface area (Å²) < 4.78 is 33.2. The number of carbonyl (C=O) groups excluding carboxylic acids is 1. The topological polar surface area (TPSA) is 115 Å². The van der Waals surface area contributed by atoms with Gasteiger partial charge in [-0.25, -0.2) is 8.42 Å². The quantitative estimate of drug-likeness (QED) is 0.573. The lowest BCUT2D eigenvalue weighted by molar-refractivity contribution is 0.103. The number of aromatic amines is 1. The van der Waals surface area contributed by atoms with Gasteiger partial charge in [-0.15, -0.1) is 0 Å². The molecule has 182 valence electrons. The summed E-state index contributed by atoms with van der Waals surface area (Å²) in [6, 6.07) is 10.8. The van der Waals surface area contributed by atoms with Gasteiger partial charge < -0.3 is 14.6 Å². The molecule has 8 nitrogen and oxygen atoms in total. The van der Waals surface area contributed by atoms with Crippen LogP contribution in [0, 0.1) is 11.3 Å². The summed E-state index contributed by atoms with van der Waals surface area (Å²) in [5.41, 5.74) is 3.44. The number of nitriles is 1. The minimum atomic E-state index is -3.60. The van der Waals surface area contributed by atoms with E-state index in [0.29, 0.717) is 22.4 Å². The van der Waals surface area contributed by atoms with Crippen molar-refractivity contribution in [1.29, 1.82) is 5.26 Å². The second-order valence-corrected chi connectivity index (χ2v) is 11.8. The van der Waals surface area contributed by atoms with Crippen LogP contribution < -0.4 is 9.46 Å². The Hall–Kier alpha value is -3.35. The summed E-state index contributed by atoms with van der Waals surface area (Å²) in [5, 5.41) is 10.0. The molecule has 2 heterocycles. The van der Waals surface area contributed by atoms with E-state index in [1.807, 2.05) is 19.9 Å². The van der Waals surface area contributed by atoms with Crippen LogP contribution >= 0.6 is 0 Å². The van der Waals surface area contributed by atoms with Crippen LogP contribution in [0.15, 0.2) is 30.3 Å². The molecule has 35 heavy (non-hydrogen) atoms. The molecule has 0 saturated carbocycles. The van der Waals surface area contributed by atoms with E-state index in [2.05, 4.69) is 27.7 Å². The van der Waals surface area contributed by atoms with Gasteiger partial charge in [-0.05, 0) is 49.7 Å². The van der Waals surface area contributed by atoms with Crippen molar-refractivity contribution < 1.29 is 17.9 Å². The van der Waals surface area contributed by atoms with Gasteiger partial charge in [0.15, 0.2) is 5.78 Å². The number of fused-ring (bicyclic) bond motifs is 4. The number of H-pyrrole nitrogens is 1. The standard InChI is InChI=1S/C26H28N4O4S/c1-26(2)19-13-22(34-16-7-9-30(3)10-8-16)21(29-35(4,32)33)12-18(19)24(31)23-17-6-5-15(14-27)11-20(17)28-25(23)26/h5-6,11-13,16,28-29H,7-10H2,1-4H3. The van der Waals surface area contributed by atoms with Gasteiger partial charge in [0.25, 0.3) is 0 Å². The monoisotopic (exact) mass is 492 g/mol. The maximum absolute atomic E-state index is 13.8. The maximum atomic E-state index is 13.8. The first kappa shape index (κ1) is 23.4. The fourth-order valence-corrected chi connectivity index (χ4v) is 5.74. The number of hydrogen-bond acceptors (Lipinski definition) is 6. The van der Waals surface area contributed by atoms with E-state index in [1.165, 1.54) is 0 Å². The number of anilines is 1. The molecule has 1 saturated heterocycles. The van der Waals surface area contributed by atoms with Crippen molar-refractivity contribution in [3.8, 4) is 11.8 Å². The zero-order chi connectivity index (χ0) is 25.1. The summed E-state index contributed by atoms with van der Waals surface area (Å²) in [7, 11) is -1.53. The predicted octanol–water partition coefficient (Wildman–Crippen LogP) is 3.75. The Morgan fingerprint density at radius 2 is 1.91 bits per heavy atom. The molecule has 3 aromatic rings. The third kappa shape index (κ3) is 4.07. The molecule has 0 bridgehead atoms. The van der Waals surface area contributed by atoms with E-state index in [-0.39, 0.29) is 17.6 Å². The maximum Gasteiger partial charge on any atom is 0.229 e. The number of sulfonamides is 1. The second-order valence-electron chi connectivity index (χ2n) is 10.1. The molecule has 1 aliphatic heterocycles. The number of likely N-dealkylation sites (tertiary alicyclic amines) is 1. The van der Waals surface area contributed by atoms with Crippen molar-refractivity contribution in [1.82, 2.24) is 9.88 Å². The van der Waals surface area contributed by atoms with Crippen molar-refractivity contribution in [2.75, 3.05) is 31.1 Å². The Morgan fingerprint density at radius 1 is 1.20 bits per heavy atom. The van der Waals surface area contributed by atoms with Gasteiger partial charge >= 0.3 is 0 Å². The molecule has 9 heteroatoms. The summed E-state index contributed by atoms with van der Waals surface area (Å²) >= 11 is 0. The van der Waals surface area contributed by atoms with Gasteiger partial charge in [0, 0.05) is 40.7 Å². The van der Waals surface area contributed by atoms with Crippen LogP contribution in [0.1, 0.15) is 59.4 Å². The summed E-state index contributed by atoms with van der Waals surface area (Å²) in [4.78, 5) is 19.4. The van der Waals surface area contributed by atoms with Crippen LogP contribution in [-0.4, -0.2) is 56.6 Å². The third-order valence-corrected chi connectivity index (χ3v) is 7.66. The van der Waals surface area contributed by atoms with E-state index in [0.717, 1.165) is 54.3 Å². The molecule has 0 amide bonds. The van der Waals surface area contributed by atoms with Crippen LogP contribution in [0.2, 0.25) is 0 Å². The number of ketones is 1. The van der Waals surface area contributed by atoms with E-state index >= 15 is 0 Å². The van der Waals surface area contributed by atoms with Crippen molar-refractivity contribution in [2.24, 2.45) is 0 Å². The molecule has 0 radical (unpaired) electrons. The minimum Gasteiger partial charge on any atom is -0.488 e. The number of hydrogen-bond donors (Lipinski definition) is 2. The van der Waals surface area contributed by atoms with Gasteiger partial charge in [0.1, 0.15) is 11.9 Å². The number of piperidine rings is 1. The van der Waals surface area contributed by atoms with E-state index in [1.54, 1.807) is 24.3 Å². The van der Waals surface area contributed by atoms with Gasteiger partial charge in [-0.2, -0.15) is 5.26 Å². The average molecular weight is 493 g/mol. The van der Waals surface area contributed by atoms with Crippen LogP contribution in [0.5, 0.6) is 5.75 Å². The largest absolute Gasteiger partial charge is 0.488 e. The Balaban J connectivity index is 1.66. The molecule has 5 rings (SSSR count). The van der Waals surface area contributed by atoms with Crippen molar-refractivity contribution in [3.05, 3.63) is 58.3 Å². The zero-order valence-corrected chi connectivity index (χ0v) is 21.0. The number of nitrogens with zero attached hydrogens (tertiary/aromatic N) is 2. The molecular formula is C26H28N4O4S. The average Bonchev–Trinajstić information content (AvgIpc) is 3.19. The fraction of sp³-hybridized carbons (Fsp3) is 0.385. The molecule has 0 spiro atoms. The molecule has 0 unspecified atom stereocenters. The predicted molar refractivity (Wildman–Crippen MR) is 135 cm³/mol. The Bertz CT molecular complexity index is 1510. The van der Waals surface area contributed by atoms with Gasteiger partial charge in [0.2, 0.25) is 10.0 Å². The molecule has 2 aromatic carbocycles. The fourth-order valence-electron chi connectivity index (χ4n) is 5.19. The Labute approximate surface area is 204 Å². The number of rotatable bonds is 4. The zero-order valence-electron chi connectivity index (χ0n) is 20.2. The van der Waals surface area contributed by atoms with Gasteiger partial charge in [-0.3, -0.25) is 9.52 Å². The second kappa shape index (κ2) is 8.11. The minimum absolute atomic E-state index is 0.0418. The van der Waals surface area contributed by atoms with Crippen molar-refractivity contribution >= 4 is 32.4 Å². The van der Waals surface area contributed by atoms with Gasteiger partial charge in [0.05, 0.1) is 29.1 Å². The molecule has 2 aliphatic rings. The Morgan fingerprint density at radius 3 is 2.57 bits per heavy atom. The van der Waals surface area contributed by atoms with E-state index in [9.17, 15) is 18.5 Å². The summed E-state index contributed by atoms with van der Waals surface area (Å²) in [6.07, 6.45) is 2.71. The first-order chi connectivity index (χ1) is 16.5. The first-order valence-electron chi connectivity index (χ1n) is 11.6. The molecule has 1 fully saturated rings. The number of benzene rings is 2. The van der Waals surface area contributed by atoms with E-state index in [4.69, 9.17) is 4.74 Å². The molecule has 0 atom stereocenters. The van der Waals surface area contributed by atoms with E-state index < -0.39 is 15.4 Å². The molecule has 1 aromatic heterocycles. The molecule has 2 N–H and O–H groups in total. The number of ether oxygens (including phenoxy) is 1. The van der Waals surface area contributed by atoms with Crippen molar-refractivity contribution in [3.63, 3.8) is 0 Å². The van der Waals surface area contributed by atoms with Crippen LogP contribution in [-0.2, 0) is 15.4 Å². The highest BCUT2D eigenvalue weighted by molar-refractivity contribution is 7.92. The number of nitrogens with one attached hydrogen (secondary N) is 2. The lowest BCUT2D eigenvalue weighted by atomic mass is 9.71. The molecular weight excluding hydrogens is 464 g/mol. The third-order valence-electron chi connectivity index (χ3n) is 7.07. The lowest BCUT2D eigenvalue weighted by Crippen LogP contribution is -2.36.